The van der Waals surface area contributed by atoms with Gasteiger partial charge in [-0.15, -0.1) is 6.42 Å². The first-order valence-electron chi connectivity index (χ1n) is 12.9. The van der Waals surface area contributed by atoms with Gasteiger partial charge in [-0.2, -0.15) is 0 Å². The summed E-state index contributed by atoms with van der Waals surface area (Å²) in [6, 6.07) is 9.93. The van der Waals surface area contributed by atoms with Crippen LogP contribution >= 0.6 is 0 Å². The molecular formula is C29H31N5O4. The summed E-state index contributed by atoms with van der Waals surface area (Å²) in [5.74, 6) is 2.53. The normalized spacial score (nSPS) is 21.6. The lowest BCUT2D eigenvalue weighted by Gasteiger charge is -2.25. The highest BCUT2D eigenvalue weighted by atomic mass is 16.5. The van der Waals surface area contributed by atoms with Crippen LogP contribution in [0.15, 0.2) is 48.8 Å². The van der Waals surface area contributed by atoms with Crippen LogP contribution in [0.2, 0.25) is 0 Å². The summed E-state index contributed by atoms with van der Waals surface area (Å²) in [4.78, 5) is 48.4. The van der Waals surface area contributed by atoms with Crippen LogP contribution in [0.1, 0.15) is 35.3 Å². The van der Waals surface area contributed by atoms with Crippen molar-refractivity contribution in [1.29, 1.82) is 0 Å². The molecule has 9 nitrogen and oxygen atoms in total. The maximum Gasteiger partial charge on any atom is 0.270 e. The number of fused-ring (bicyclic) bond motifs is 1. The number of hydrogen-bond donors (Lipinski definition) is 3. The minimum Gasteiger partial charge on any atom is -0.496 e. The molecule has 2 aromatic heterocycles. The number of nitrogens with zero attached hydrogens (tertiary/aromatic N) is 2. The number of aromatic nitrogens is 2. The van der Waals surface area contributed by atoms with Gasteiger partial charge in [0.05, 0.1) is 13.2 Å². The second-order valence-electron chi connectivity index (χ2n) is 9.99. The zero-order chi connectivity index (χ0) is 26.6. The van der Waals surface area contributed by atoms with Gasteiger partial charge >= 0.3 is 0 Å². The maximum atomic E-state index is 13.8. The second kappa shape index (κ2) is 11.0. The van der Waals surface area contributed by atoms with E-state index in [0.717, 1.165) is 16.5 Å². The number of carbonyl (C=O) groups is 3. The molecule has 0 bridgehead atoms. The third kappa shape index (κ3) is 5.21. The lowest BCUT2D eigenvalue weighted by atomic mass is 9.96. The molecule has 4 atom stereocenters. The van der Waals surface area contributed by atoms with Crippen LogP contribution in [-0.4, -0.2) is 64.9 Å². The van der Waals surface area contributed by atoms with Gasteiger partial charge in [-0.05, 0) is 61.4 Å². The van der Waals surface area contributed by atoms with Gasteiger partial charge in [-0.3, -0.25) is 19.4 Å². The van der Waals surface area contributed by atoms with Crippen LogP contribution in [0.25, 0.3) is 10.9 Å². The number of H-pyrrole nitrogens is 1. The summed E-state index contributed by atoms with van der Waals surface area (Å²) in [6.07, 6.45) is 11.5. The maximum absolute atomic E-state index is 13.8. The fourth-order valence-electron chi connectivity index (χ4n) is 5.56. The number of rotatable bonds is 8. The predicted molar refractivity (Wildman–Crippen MR) is 142 cm³/mol. The average molecular weight is 514 g/mol. The lowest BCUT2D eigenvalue weighted by Crippen LogP contribution is -2.49. The van der Waals surface area contributed by atoms with Crippen molar-refractivity contribution in [3.63, 3.8) is 0 Å². The topological polar surface area (TPSA) is 116 Å². The van der Waals surface area contributed by atoms with Crippen LogP contribution in [0.3, 0.4) is 0 Å². The van der Waals surface area contributed by atoms with E-state index in [4.69, 9.17) is 11.2 Å². The van der Waals surface area contributed by atoms with Gasteiger partial charge in [-0.25, -0.2) is 0 Å². The molecule has 2 aliphatic rings. The fraction of sp³-hybridized carbons (Fsp3) is 0.379. The number of nitrogens with one attached hydrogen (secondary N) is 3. The van der Waals surface area contributed by atoms with Gasteiger partial charge in [0.1, 0.15) is 17.5 Å². The Morgan fingerprint density at radius 1 is 1.32 bits per heavy atom. The quantitative estimate of drug-likeness (QED) is 0.400. The van der Waals surface area contributed by atoms with Crippen LogP contribution in [0, 0.1) is 24.2 Å². The minimum atomic E-state index is -0.689. The van der Waals surface area contributed by atoms with E-state index in [0.29, 0.717) is 50.2 Å². The predicted octanol–water partition coefficient (Wildman–Crippen LogP) is 2.29. The number of terminal acetylenes is 1. The first kappa shape index (κ1) is 25.3. The highest BCUT2D eigenvalue weighted by Crippen LogP contribution is 2.31. The first-order valence-corrected chi connectivity index (χ1v) is 12.9. The van der Waals surface area contributed by atoms with Crippen LogP contribution < -0.4 is 15.4 Å². The van der Waals surface area contributed by atoms with E-state index in [9.17, 15) is 14.4 Å². The highest BCUT2D eigenvalue weighted by molar-refractivity contribution is 6.01. The Balaban J connectivity index is 1.37. The molecule has 0 radical (unpaired) electrons. The number of carbonyl (C=O) groups excluding carboxylic acids is 3. The van der Waals surface area contributed by atoms with Crippen molar-refractivity contribution in [3.8, 4) is 18.1 Å². The number of amides is 3. The number of hydrogen-bond acceptors (Lipinski definition) is 5. The van der Waals surface area contributed by atoms with Crippen LogP contribution in [0.4, 0.5) is 0 Å². The minimum absolute atomic E-state index is 0.0389. The molecule has 5 rings (SSSR count). The number of benzene rings is 1. The van der Waals surface area contributed by atoms with Crippen molar-refractivity contribution >= 4 is 28.6 Å². The molecule has 3 amide bonds. The van der Waals surface area contributed by atoms with Crippen molar-refractivity contribution in [2.24, 2.45) is 11.8 Å². The number of methoxy groups -OCH3 is 1. The van der Waals surface area contributed by atoms with E-state index < -0.39 is 12.1 Å². The fourth-order valence-corrected chi connectivity index (χ4v) is 5.56. The molecule has 0 aliphatic carbocycles. The Morgan fingerprint density at radius 2 is 2.18 bits per heavy atom. The zero-order valence-corrected chi connectivity index (χ0v) is 21.3. The highest BCUT2D eigenvalue weighted by Gasteiger charge is 2.41. The molecule has 0 saturated carbocycles. The average Bonchev–Trinajstić information content (AvgIpc) is 3.66. The van der Waals surface area contributed by atoms with Crippen molar-refractivity contribution in [2.75, 3.05) is 20.2 Å². The number of aromatic amines is 1. The van der Waals surface area contributed by atoms with Crippen molar-refractivity contribution in [3.05, 3.63) is 60.0 Å². The second-order valence-corrected chi connectivity index (χ2v) is 9.99. The molecule has 4 heterocycles. The molecule has 3 aromatic rings. The molecule has 9 heteroatoms. The Hall–Kier alpha value is -4.32. The molecule has 3 N–H and O–H groups in total. The monoisotopic (exact) mass is 513 g/mol. The summed E-state index contributed by atoms with van der Waals surface area (Å²) < 4.78 is 5.44. The first-order chi connectivity index (χ1) is 18.5. The number of ether oxygens (including phenoxy) is 1. The largest absolute Gasteiger partial charge is 0.496 e. The van der Waals surface area contributed by atoms with Gasteiger partial charge < -0.3 is 25.3 Å². The number of likely N-dealkylation sites (tertiary alicyclic amines) is 1. The van der Waals surface area contributed by atoms with Gasteiger partial charge in [0.25, 0.3) is 5.91 Å². The Morgan fingerprint density at radius 3 is 2.89 bits per heavy atom. The molecule has 2 aliphatic heterocycles. The summed E-state index contributed by atoms with van der Waals surface area (Å²) in [7, 11) is 1.59. The lowest BCUT2D eigenvalue weighted by molar-refractivity contribution is -0.126. The van der Waals surface area contributed by atoms with Gasteiger partial charge in [0.15, 0.2) is 0 Å². The summed E-state index contributed by atoms with van der Waals surface area (Å²) in [5, 5.41) is 6.53. The SMILES string of the molecule is C#C[C@H](CC1CCNC1=O)NC(=O)[C@@H]1C[C@@H](Cc2cccnc2)CN1C(=O)c1cc2c(OC)cccc2[nH]1. The molecule has 0 spiro atoms. The van der Waals surface area contributed by atoms with Gasteiger partial charge in [0, 0.05) is 42.3 Å². The smallest absolute Gasteiger partial charge is 0.270 e. The van der Waals surface area contributed by atoms with Crippen molar-refractivity contribution in [2.45, 2.75) is 37.8 Å². The summed E-state index contributed by atoms with van der Waals surface area (Å²) in [5.41, 5.74) is 2.22. The van der Waals surface area contributed by atoms with Gasteiger partial charge in [0.2, 0.25) is 11.8 Å². The van der Waals surface area contributed by atoms with E-state index in [1.54, 1.807) is 24.3 Å². The Labute approximate surface area is 221 Å². The van der Waals surface area contributed by atoms with E-state index in [-0.39, 0.29) is 29.6 Å². The molecule has 2 saturated heterocycles. The molecule has 196 valence electrons. The zero-order valence-electron chi connectivity index (χ0n) is 21.3. The van der Waals surface area contributed by atoms with Crippen molar-refractivity contribution < 1.29 is 19.1 Å². The number of pyridine rings is 1. The van der Waals surface area contributed by atoms with Crippen LogP contribution in [-0.2, 0) is 16.0 Å². The summed E-state index contributed by atoms with van der Waals surface area (Å²) >= 11 is 0. The van der Waals surface area contributed by atoms with E-state index in [2.05, 4.69) is 26.5 Å². The Kier molecular flexibility index (Phi) is 7.31. The molecule has 1 unspecified atom stereocenters. The van der Waals surface area contributed by atoms with Gasteiger partial charge in [-0.1, -0.05) is 18.1 Å². The molecule has 1 aromatic carbocycles. The van der Waals surface area contributed by atoms with Crippen molar-refractivity contribution in [1.82, 2.24) is 25.5 Å². The third-order valence-corrected chi connectivity index (χ3v) is 7.47. The standard InChI is InChI=1S/C29H31N5O4/c1-3-21(14-20-9-11-31-27(20)35)32-28(36)25-13-19(12-18-6-5-10-30-16-18)17-34(25)29(37)24-15-22-23(33-24)7-4-8-26(22)38-2/h1,4-8,10,15-16,19-21,25,33H,9,11-14,17H2,2H3,(H,31,35)(H,32,36)/t19-,20?,21-,25+/m1/s1. The van der Waals surface area contributed by atoms with E-state index >= 15 is 0 Å². The molecular weight excluding hydrogens is 482 g/mol. The summed E-state index contributed by atoms with van der Waals surface area (Å²) in [6.45, 7) is 1.04. The third-order valence-electron chi connectivity index (χ3n) is 7.47. The Bertz CT molecular complexity index is 1380. The molecule has 2 fully saturated rings. The van der Waals surface area contributed by atoms with E-state index in [1.807, 2.05) is 36.5 Å². The van der Waals surface area contributed by atoms with E-state index in [1.165, 1.54) is 0 Å². The van der Waals surface area contributed by atoms with Crippen LogP contribution in [0.5, 0.6) is 5.75 Å². The molecule has 38 heavy (non-hydrogen) atoms.